The second kappa shape index (κ2) is 5.38. The zero-order chi connectivity index (χ0) is 19.3. The van der Waals surface area contributed by atoms with Crippen LogP contribution in [0.3, 0.4) is 0 Å². The van der Waals surface area contributed by atoms with E-state index in [1.54, 1.807) is 7.11 Å². The fraction of sp³-hybridized carbons (Fsp3) is 0.591. The lowest BCUT2D eigenvalue weighted by molar-refractivity contribution is -0.164. The molecule has 4 fully saturated rings. The van der Waals surface area contributed by atoms with Gasteiger partial charge in [0.15, 0.2) is 5.72 Å². The van der Waals surface area contributed by atoms with Crippen molar-refractivity contribution in [1.29, 1.82) is 0 Å². The summed E-state index contributed by atoms with van der Waals surface area (Å²) in [4.78, 5) is 18.1. The Labute approximate surface area is 165 Å². The zero-order valence-electron chi connectivity index (χ0n) is 16.6. The summed E-state index contributed by atoms with van der Waals surface area (Å²) in [5, 5.41) is 0. The molecule has 4 aliphatic heterocycles. The average molecular weight is 382 g/mol. The minimum Gasteiger partial charge on any atom is -0.469 e. The van der Waals surface area contributed by atoms with E-state index in [1.807, 2.05) is 0 Å². The third kappa shape index (κ3) is 1.55. The van der Waals surface area contributed by atoms with Gasteiger partial charge in [-0.3, -0.25) is 9.69 Å². The second-order valence-electron chi connectivity index (χ2n) is 8.70. The molecular formula is C22H26N2O4. The van der Waals surface area contributed by atoms with Crippen LogP contribution in [0, 0.1) is 11.8 Å². The molecule has 6 nitrogen and oxygen atoms in total. The fourth-order valence-electron chi connectivity index (χ4n) is 7.34. The summed E-state index contributed by atoms with van der Waals surface area (Å²) < 4.78 is 17.9. The van der Waals surface area contributed by atoms with E-state index < -0.39 is 11.1 Å². The number of carbonyl (C=O) groups excluding carboxylic acids is 1. The number of fused-ring (bicyclic) bond motifs is 4. The Morgan fingerprint density at radius 2 is 2.18 bits per heavy atom. The van der Waals surface area contributed by atoms with Gasteiger partial charge in [-0.15, -0.1) is 0 Å². The van der Waals surface area contributed by atoms with Gasteiger partial charge in [0, 0.05) is 25.8 Å². The van der Waals surface area contributed by atoms with Crippen LogP contribution in [0.25, 0.3) is 0 Å². The molecule has 1 spiro atoms. The van der Waals surface area contributed by atoms with Crippen LogP contribution < -0.4 is 4.90 Å². The Morgan fingerprint density at radius 1 is 1.36 bits per heavy atom. The topological polar surface area (TPSA) is 51.2 Å². The average Bonchev–Trinajstić information content (AvgIpc) is 3.32. The van der Waals surface area contributed by atoms with E-state index >= 15 is 0 Å². The molecule has 1 aliphatic carbocycles. The van der Waals surface area contributed by atoms with Gasteiger partial charge in [-0.1, -0.05) is 29.8 Å². The van der Waals surface area contributed by atoms with Crippen LogP contribution >= 0.6 is 0 Å². The van der Waals surface area contributed by atoms with Crippen molar-refractivity contribution in [2.75, 3.05) is 32.4 Å². The first-order valence-corrected chi connectivity index (χ1v) is 10.2. The van der Waals surface area contributed by atoms with Crippen molar-refractivity contribution >= 4 is 11.7 Å². The fourth-order valence-corrected chi connectivity index (χ4v) is 7.34. The van der Waals surface area contributed by atoms with Crippen LogP contribution in [0.15, 0.2) is 35.9 Å². The van der Waals surface area contributed by atoms with Crippen LogP contribution in [0.2, 0.25) is 0 Å². The van der Waals surface area contributed by atoms with Crippen molar-refractivity contribution in [3.05, 3.63) is 41.5 Å². The molecule has 4 heterocycles. The largest absolute Gasteiger partial charge is 0.469 e. The monoisotopic (exact) mass is 382 g/mol. The van der Waals surface area contributed by atoms with Crippen LogP contribution in [-0.2, 0) is 24.4 Å². The van der Waals surface area contributed by atoms with Gasteiger partial charge in [0.2, 0.25) is 0 Å². The van der Waals surface area contributed by atoms with Crippen LogP contribution in [-0.4, -0.2) is 56.4 Å². The maximum absolute atomic E-state index is 13.3. The summed E-state index contributed by atoms with van der Waals surface area (Å²) in [6.07, 6.45) is 3.98. The summed E-state index contributed by atoms with van der Waals surface area (Å²) in [6.45, 7) is 3.41. The number of anilines is 1. The molecule has 1 aromatic rings. The lowest BCUT2D eigenvalue weighted by Gasteiger charge is -2.61. The van der Waals surface area contributed by atoms with E-state index in [-0.39, 0.29) is 30.1 Å². The Hall–Kier alpha value is -1.89. The van der Waals surface area contributed by atoms with Crippen molar-refractivity contribution in [3.63, 3.8) is 0 Å². The minimum atomic E-state index is -0.564. The number of esters is 1. The van der Waals surface area contributed by atoms with Crippen LogP contribution in [0.4, 0.5) is 5.69 Å². The normalized spacial score (nSPS) is 43.5. The van der Waals surface area contributed by atoms with E-state index in [4.69, 9.17) is 14.2 Å². The Morgan fingerprint density at radius 3 is 2.93 bits per heavy atom. The first-order chi connectivity index (χ1) is 13.6. The molecular weight excluding hydrogens is 356 g/mol. The molecule has 6 heteroatoms. The Bertz CT molecular complexity index is 900. The molecule has 148 valence electrons. The number of nitrogens with zero attached hydrogens (tertiary/aromatic N) is 2. The van der Waals surface area contributed by atoms with E-state index in [2.05, 4.69) is 47.1 Å². The van der Waals surface area contributed by atoms with Crippen LogP contribution in [0.5, 0.6) is 0 Å². The zero-order valence-corrected chi connectivity index (χ0v) is 16.6. The number of ether oxygens (including phenoxy) is 3. The maximum Gasteiger partial charge on any atom is 0.310 e. The molecule has 4 bridgehead atoms. The number of hydrogen-bond acceptors (Lipinski definition) is 6. The highest BCUT2D eigenvalue weighted by Crippen LogP contribution is 2.74. The molecule has 0 N–H and O–H groups in total. The number of methoxy groups -OCH3 is 2. The minimum absolute atomic E-state index is 0.0288. The number of benzene rings is 1. The van der Waals surface area contributed by atoms with Gasteiger partial charge in [-0.2, -0.15) is 0 Å². The highest BCUT2D eigenvalue weighted by atomic mass is 16.6. The van der Waals surface area contributed by atoms with Gasteiger partial charge >= 0.3 is 5.97 Å². The molecule has 1 aromatic carbocycles. The second-order valence-corrected chi connectivity index (χ2v) is 8.70. The molecule has 5 aliphatic rings. The van der Waals surface area contributed by atoms with Crippen molar-refractivity contribution in [2.45, 2.75) is 43.2 Å². The predicted molar refractivity (Wildman–Crippen MR) is 103 cm³/mol. The van der Waals surface area contributed by atoms with Gasteiger partial charge in [0.1, 0.15) is 13.0 Å². The number of carbonyl (C=O) groups is 1. The molecule has 1 unspecified atom stereocenters. The summed E-state index contributed by atoms with van der Waals surface area (Å²) in [5.74, 6) is -0.152. The summed E-state index contributed by atoms with van der Waals surface area (Å²) in [6, 6.07) is 8.73. The molecule has 6 rings (SSSR count). The lowest BCUT2D eigenvalue weighted by atomic mass is 9.49. The smallest absolute Gasteiger partial charge is 0.310 e. The summed E-state index contributed by atoms with van der Waals surface area (Å²) in [7, 11) is 3.24. The first-order valence-electron chi connectivity index (χ1n) is 10.2. The number of allylic oxidation sites excluding steroid dienone is 1. The Balaban J connectivity index is 1.67. The molecule has 28 heavy (non-hydrogen) atoms. The van der Waals surface area contributed by atoms with E-state index in [9.17, 15) is 4.79 Å². The number of hydrogen-bond donors (Lipinski definition) is 0. The van der Waals surface area contributed by atoms with Gasteiger partial charge < -0.3 is 19.1 Å². The standard InChI is InChI=1S/C22H26N2O4/c1-4-13-11-23-17-9-14(13)19(20(25)27-3)21-10-18(23)28-22(17,21)24(12-26-2)16-8-6-5-7-15(16)21/h4-8,14,17-19H,9-12H2,1-3H3/t14-,17+,18+,19?,21+,22+/m1/s1. The quantitative estimate of drug-likeness (QED) is 0.590. The van der Waals surface area contributed by atoms with Gasteiger partial charge in [-0.05, 0) is 30.9 Å². The molecule has 3 saturated heterocycles. The molecule has 0 radical (unpaired) electrons. The molecule has 6 atom stereocenters. The SMILES string of the molecule is CC=C1CN2[C@@H]3C[C@@]45c6ccccc6N(COC)[C@]4(O3)[C@@H]2C[C@H]1C5C(=O)OC. The number of rotatable bonds is 3. The van der Waals surface area contributed by atoms with E-state index in [1.165, 1.54) is 18.2 Å². The number of para-hydroxylation sites is 1. The van der Waals surface area contributed by atoms with Gasteiger partial charge in [0.05, 0.1) is 24.5 Å². The van der Waals surface area contributed by atoms with E-state index in [0.29, 0.717) is 6.73 Å². The summed E-state index contributed by atoms with van der Waals surface area (Å²) in [5.41, 5.74) is 2.73. The molecule has 0 amide bonds. The van der Waals surface area contributed by atoms with Crippen molar-refractivity contribution < 1.29 is 19.0 Å². The highest BCUT2D eigenvalue weighted by Gasteiger charge is 2.84. The van der Waals surface area contributed by atoms with Gasteiger partial charge in [0.25, 0.3) is 0 Å². The Kier molecular flexibility index (Phi) is 3.27. The van der Waals surface area contributed by atoms with Crippen molar-refractivity contribution in [1.82, 2.24) is 4.90 Å². The van der Waals surface area contributed by atoms with Crippen LogP contribution in [0.1, 0.15) is 25.3 Å². The maximum atomic E-state index is 13.3. The number of piperidine rings is 2. The van der Waals surface area contributed by atoms with Gasteiger partial charge in [-0.25, -0.2) is 0 Å². The third-order valence-electron chi connectivity index (χ3n) is 8.09. The van der Waals surface area contributed by atoms with Crippen molar-refractivity contribution in [2.24, 2.45) is 11.8 Å². The summed E-state index contributed by atoms with van der Waals surface area (Å²) >= 11 is 0. The lowest BCUT2D eigenvalue weighted by Crippen LogP contribution is -2.75. The van der Waals surface area contributed by atoms with E-state index in [0.717, 1.165) is 25.1 Å². The first kappa shape index (κ1) is 17.0. The molecule has 1 saturated carbocycles. The third-order valence-corrected chi connectivity index (χ3v) is 8.09. The highest BCUT2D eigenvalue weighted by molar-refractivity contribution is 5.82. The molecule has 0 aromatic heterocycles. The van der Waals surface area contributed by atoms with Crippen molar-refractivity contribution in [3.8, 4) is 0 Å². The predicted octanol–water partition coefficient (Wildman–Crippen LogP) is 2.24.